The van der Waals surface area contributed by atoms with E-state index in [1.165, 1.54) is 29.7 Å². The van der Waals surface area contributed by atoms with Gasteiger partial charge in [0.2, 0.25) is 0 Å². The van der Waals surface area contributed by atoms with Gasteiger partial charge in [-0.05, 0) is 35.6 Å². The first kappa shape index (κ1) is 15.9. The summed E-state index contributed by atoms with van der Waals surface area (Å²) < 4.78 is 0. The Balaban J connectivity index is 2.64. The molecule has 2 heteroatoms. The van der Waals surface area contributed by atoms with Crippen LogP contribution in [0.1, 0.15) is 57.6 Å². The molecule has 1 aromatic rings. The average molecular weight is 285 g/mol. The molecule has 0 saturated heterocycles. The lowest BCUT2D eigenvalue weighted by molar-refractivity contribution is 0.855. The van der Waals surface area contributed by atoms with Crippen LogP contribution < -0.4 is 0 Å². The van der Waals surface area contributed by atoms with Crippen molar-refractivity contribution >= 4 is 23.4 Å². The van der Waals surface area contributed by atoms with Crippen molar-refractivity contribution in [2.45, 2.75) is 58.1 Å². The highest BCUT2D eigenvalue weighted by atomic mass is 35.5. The highest BCUT2D eigenvalue weighted by Crippen LogP contribution is 2.29. The number of thioether (sulfide) groups is 1. The number of benzene rings is 1. The van der Waals surface area contributed by atoms with Crippen LogP contribution in [0.2, 0.25) is 5.02 Å². The highest BCUT2D eigenvalue weighted by molar-refractivity contribution is 7.99. The van der Waals surface area contributed by atoms with E-state index in [2.05, 4.69) is 57.7 Å². The van der Waals surface area contributed by atoms with Gasteiger partial charge in [-0.25, -0.2) is 0 Å². The molecule has 0 aliphatic heterocycles. The minimum atomic E-state index is 0.500. The highest BCUT2D eigenvalue weighted by Gasteiger charge is 2.11. The van der Waals surface area contributed by atoms with Gasteiger partial charge in [0.25, 0.3) is 0 Å². The lowest BCUT2D eigenvalue weighted by Crippen LogP contribution is -2.04. The van der Waals surface area contributed by atoms with E-state index in [0.29, 0.717) is 11.2 Å². The Morgan fingerprint density at radius 2 is 1.94 bits per heavy atom. The number of rotatable bonds is 7. The normalized spacial score (nSPS) is 13.0. The molecule has 102 valence electrons. The zero-order valence-electron chi connectivity index (χ0n) is 12.0. The van der Waals surface area contributed by atoms with Crippen LogP contribution >= 0.6 is 23.4 Å². The van der Waals surface area contributed by atoms with Gasteiger partial charge in [-0.3, -0.25) is 0 Å². The van der Waals surface area contributed by atoms with Gasteiger partial charge in [0.1, 0.15) is 0 Å². The summed E-state index contributed by atoms with van der Waals surface area (Å²) >= 11 is 8.56. The molecule has 1 unspecified atom stereocenters. The Bertz CT molecular complexity index is 360. The second kappa shape index (κ2) is 8.12. The molecule has 0 fully saturated rings. The molecule has 1 atom stereocenters. The SMILES string of the molecule is CCCCSC(C)Cc1cccc(C(C)C)c1Cl. The molecule has 0 N–H and O–H groups in total. The van der Waals surface area contributed by atoms with Gasteiger partial charge >= 0.3 is 0 Å². The molecule has 0 saturated carbocycles. The fourth-order valence-electron chi connectivity index (χ4n) is 2.00. The molecular formula is C16H25ClS. The summed E-state index contributed by atoms with van der Waals surface area (Å²) in [6.07, 6.45) is 3.67. The van der Waals surface area contributed by atoms with E-state index in [1.54, 1.807) is 0 Å². The predicted molar refractivity (Wildman–Crippen MR) is 86.1 cm³/mol. The monoisotopic (exact) mass is 284 g/mol. The van der Waals surface area contributed by atoms with Crippen LogP contribution in [-0.2, 0) is 6.42 Å². The van der Waals surface area contributed by atoms with Gasteiger partial charge in [-0.15, -0.1) is 0 Å². The first-order valence-corrected chi connectivity index (χ1v) is 8.37. The van der Waals surface area contributed by atoms with E-state index in [9.17, 15) is 0 Å². The van der Waals surface area contributed by atoms with E-state index < -0.39 is 0 Å². The fraction of sp³-hybridized carbons (Fsp3) is 0.625. The lowest BCUT2D eigenvalue weighted by atomic mass is 9.99. The molecule has 0 bridgehead atoms. The van der Waals surface area contributed by atoms with Crippen molar-refractivity contribution < 1.29 is 0 Å². The molecule has 0 radical (unpaired) electrons. The van der Waals surface area contributed by atoms with Crippen LogP contribution in [0.5, 0.6) is 0 Å². The Kier molecular flexibility index (Phi) is 7.18. The van der Waals surface area contributed by atoms with Gasteiger partial charge < -0.3 is 0 Å². The first-order chi connectivity index (χ1) is 8.56. The number of hydrogen-bond donors (Lipinski definition) is 0. The van der Waals surface area contributed by atoms with Crippen molar-refractivity contribution in [3.05, 3.63) is 34.3 Å². The average Bonchev–Trinajstić information content (AvgIpc) is 2.32. The van der Waals surface area contributed by atoms with Gasteiger partial charge in [-0.1, -0.05) is 63.9 Å². The minimum absolute atomic E-state index is 0.500. The summed E-state index contributed by atoms with van der Waals surface area (Å²) in [5, 5.41) is 1.63. The van der Waals surface area contributed by atoms with E-state index in [0.717, 1.165) is 11.4 Å². The van der Waals surface area contributed by atoms with Crippen LogP contribution in [0.4, 0.5) is 0 Å². The molecule has 1 rings (SSSR count). The third-order valence-corrected chi connectivity index (χ3v) is 4.86. The summed E-state index contributed by atoms with van der Waals surface area (Å²) in [5.41, 5.74) is 2.58. The quantitative estimate of drug-likeness (QED) is 0.559. The Labute approximate surface area is 122 Å². The van der Waals surface area contributed by atoms with Crippen LogP contribution in [0.15, 0.2) is 18.2 Å². The van der Waals surface area contributed by atoms with Gasteiger partial charge in [-0.2, -0.15) is 11.8 Å². The standard InChI is InChI=1S/C16H25ClS/c1-5-6-10-18-13(4)11-14-8-7-9-15(12(2)3)16(14)17/h7-9,12-13H,5-6,10-11H2,1-4H3. The smallest absolute Gasteiger partial charge is 0.0473 e. The van der Waals surface area contributed by atoms with Crippen molar-refractivity contribution in [3.8, 4) is 0 Å². The molecular weight excluding hydrogens is 260 g/mol. The number of unbranched alkanes of at least 4 members (excludes halogenated alkanes) is 1. The Hall–Kier alpha value is -0.140. The van der Waals surface area contributed by atoms with E-state index >= 15 is 0 Å². The molecule has 1 aromatic carbocycles. The van der Waals surface area contributed by atoms with Crippen molar-refractivity contribution in [3.63, 3.8) is 0 Å². The molecule has 0 heterocycles. The van der Waals surface area contributed by atoms with E-state index in [-0.39, 0.29) is 0 Å². The summed E-state index contributed by atoms with van der Waals surface area (Å²) in [5.74, 6) is 1.76. The Morgan fingerprint density at radius 3 is 2.56 bits per heavy atom. The summed E-state index contributed by atoms with van der Waals surface area (Å²) in [6.45, 7) is 8.95. The van der Waals surface area contributed by atoms with E-state index in [1.807, 2.05) is 0 Å². The maximum Gasteiger partial charge on any atom is 0.0473 e. The van der Waals surface area contributed by atoms with E-state index in [4.69, 9.17) is 11.6 Å². The zero-order valence-corrected chi connectivity index (χ0v) is 13.6. The second-order valence-corrected chi connectivity index (χ2v) is 7.14. The lowest BCUT2D eigenvalue weighted by Gasteiger charge is -2.15. The largest absolute Gasteiger partial charge is 0.159 e. The molecule has 0 aliphatic carbocycles. The maximum atomic E-state index is 6.50. The minimum Gasteiger partial charge on any atom is -0.159 e. The second-order valence-electron chi connectivity index (χ2n) is 5.21. The van der Waals surface area contributed by atoms with Crippen LogP contribution in [0.25, 0.3) is 0 Å². The van der Waals surface area contributed by atoms with Crippen LogP contribution in [0.3, 0.4) is 0 Å². The zero-order chi connectivity index (χ0) is 13.5. The van der Waals surface area contributed by atoms with Crippen molar-refractivity contribution in [2.75, 3.05) is 5.75 Å². The van der Waals surface area contributed by atoms with Crippen molar-refractivity contribution in [1.82, 2.24) is 0 Å². The summed E-state index contributed by atoms with van der Waals surface area (Å²) in [6, 6.07) is 6.45. The summed E-state index contributed by atoms with van der Waals surface area (Å²) in [4.78, 5) is 0. The van der Waals surface area contributed by atoms with Gasteiger partial charge in [0, 0.05) is 10.3 Å². The fourth-order valence-corrected chi connectivity index (χ4v) is 3.58. The predicted octanol–water partition coefficient (Wildman–Crippen LogP) is 5.93. The molecule has 18 heavy (non-hydrogen) atoms. The molecule has 0 spiro atoms. The van der Waals surface area contributed by atoms with Crippen molar-refractivity contribution in [2.24, 2.45) is 0 Å². The topological polar surface area (TPSA) is 0 Å². The van der Waals surface area contributed by atoms with Gasteiger partial charge in [0.05, 0.1) is 0 Å². The molecule has 0 nitrogen and oxygen atoms in total. The third kappa shape index (κ3) is 4.85. The number of hydrogen-bond acceptors (Lipinski definition) is 1. The molecule has 0 aromatic heterocycles. The van der Waals surface area contributed by atoms with Crippen LogP contribution in [0, 0.1) is 0 Å². The maximum absolute atomic E-state index is 6.50. The third-order valence-electron chi connectivity index (χ3n) is 3.14. The molecule has 0 amide bonds. The molecule has 0 aliphatic rings. The summed E-state index contributed by atoms with van der Waals surface area (Å²) in [7, 11) is 0. The van der Waals surface area contributed by atoms with Crippen LogP contribution in [-0.4, -0.2) is 11.0 Å². The van der Waals surface area contributed by atoms with Crippen molar-refractivity contribution in [1.29, 1.82) is 0 Å². The first-order valence-electron chi connectivity index (χ1n) is 6.95. The number of halogens is 1. The van der Waals surface area contributed by atoms with Gasteiger partial charge in [0.15, 0.2) is 0 Å². The Morgan fingerprint density at radius 1 is 1.22 bits per heavy atom.